The number of hydrogen-bond acceptors (Lipinski definition) is 4. The molecule has 0 aliphatic carbocycles. The molecule has 0 atom stereocenters. The molecule has 132 valence electrons. The number of halogens is 1. The summed E-state index contributed by atoms with van der Waals surface area (Å²) in [6, 6.07) is 18.6. The van der Waals surface area contributed by atoms with Crippen molar-refractivity contribution in [1.82, 2.24) is 0 Å². The Morgan fingerprint density at radius 1 is 1.08 bits per heavy atom. The normalized spacial score (nSPS) is 10.5. The first-order chi connectivity index (χ1) is 12.5. The number of nitrogens with two attached hydrogens (primary N) is 1. The molecule has 7 heteroatoms. The molecule has 0 fully saturated rings. The summed E-state index contributed by atoms with van der Waals surface area (Å²) in [5.41, 5.74) is 6.75. The number of carbonyl (C=O) groups excluding carboxylic acids is 2. The first-order valence-electron chi connectivity index (χ1n) is 7.70. The van der Waals surface area contributed by atoms with Crippen molar-refractivity contribution in [3.63, 3.8) is 0 Å². The van der Waals surface area contributed by atoms with Gasteiger partial charge in [0, 0.05) is 14.8 Å². The molecule has 0 bridgehead atoms. The molecule has 4 nitrogen and oxygen atoms in total. The minimum absolute atomic E-state index is 0.200. The lowest BCUT2D eigenvalue weighted by molar-refractivity contribution is -0.113. The summed E-state index contributed by atoms with van der Waals surface area (Å²) < 4.78 is 0. The predicted molar refractivity (Wildman–Crippen MR) is 109 cm³/mol. The Balaban J connectivity index is 1.71. The maximum Gasteiger partial charge on any atom is 0.251 e. The summed E-state index contributed by atoms with van der Waals surface area (Å²) in [4.78, 5) is 25.8. The van der Waals surface area contributed by atoms with Crippen LogP contribution >= 0.6 is 34.7 Å². The second kappa shape index (κ2) is 8.40. The van der Waals surface area contributed by atoms with E-state index in [4.69, 9.17) is 17.3 Å². The second-order valence-corrected chi connectivity index (χ2v) is 7.91. The quantitative estimate of drug-likeness (QED) is 0.576. The van der Waals surface area contributed by atoms with E-state index in [1.807, 2.05) is 42.5 Å². The summed E-state index contributed by atoms with van der Waals surface area (Å²) in [5.74, 6) is -0.545. The van der Waals surface area contributed by atoms with Crippen molar-refractivity contribution in [3.8, 4) is 10.4 Å². The van der Waals surface area contributed by atoms with Gasteiger partial charge >= 0.3 is 0 Å². The molecule has 0 spiro atoms. The highest BCUT2D eigenvalue weighted by molar-refractivity contribution is 8.00. The number of thiophene rings is 1. The zero-order chi connectivity index (χ0) is 18.5. The second-order valence-electron chi connectivity index (χ2n) is 5.37. The zero-order valence-corrected chi connectivity index (χ0v) is 16.0. The highest BCUT2D eigenvalue weighted by Crippen LogP contribution is 2.35. The van der Waals surface area contributed by atoms with Crippen LogP contribution in [0, 0.1) is 0 Å². The zero-order valence-electron chi connectivity index (χ0n) is 13.6. The molecule has 3 rings (SSSR count). The lowest BCUT2D eigenvalue weighted by atomic mass is 10.1. The first kappa shape index (κ1) is 18.5. The third-order valence-electron chi connectivity index (χ3n) is 3.49. The minimum atomic E-state index is -0.566. The van der Waals surface area contributed by atoms with Crippen LogP contribution in [0.2, 0.25) is 5.02 Å². The van der Waals surface area contributed by atoms with Crippen molar-refractivity contribution in [3.05, 3.63) is 71.2 Å². The van der Waals surface area contributed by atoms with E-state index in [0.717, 1.165) is 15.3 Å². The fourth-order valence-corrected chi connectivity index (χ4v) is 4.16. The Bertz CT molecular complexity index is 924. The van der Waals surface area contributed by atoms with Gasteiger partial charge < -0.3 is 11.1 Å². The van der Waals surface area contributed by atoms with Crippen LogP contribution in [0.15, 0.2) is 65.6 Å². The van der Waals surface area contributed by atoms with E-state index in [1.165, 1.54) is 23.1 Å². The van der Waals surface area contributed by atoms with Crippen LogP contribution in [0.4, 0.5) is 5.00 Å². The third kappa shape index (κ3) is 4.66. The molecule has 3 N–H and O–H groups in total. The summed E-state index contributed by atoms with van der Waals surface area (Å²) >= 11 is 8.58. The molecule has 0 aliphatic heterocycles. The fraction of sp³-hybridized carbons (Fsp3) is 0.0526. The summed E-state index contributed by atoms with van der Waals surface area (Å²) in [6.07, 6.45) is 0. The van der Waals surface area contributed by atoms with Gasteiger partial charge in [-0.15, -0.1) is 23.1 Å². The summed E-state index contributed by atoms with van der Waals surface area (Å²) in [5, 5.41) is 3.92. The first-order valence-corrected chi connectivity index (χ1v) is 9.88. The Morgan fingerprint density at radius 2 is 1.77 bits per heavy atom. The van der Waals surface area contributed by atoms with Crippen LogP contribution in [0.3, 0.4) is 0 Å². The minimum Gasteiger partial charge on any atom is -0.366 e. The van der Waals surface area contributed by atoms with Gasteiger partial charge in [0.2, 0.25) is 5.91 Å². The molecule has 26 heavy (non-hydrogen) atoms. The van der Waals surface area contributed by atoms with Crippen LogP contribution in [0.25, 0.3) is 10.4 Å². The Morgan fingerprint density at radius 3 is 2.42 bits per heavy atom. The van der Waals surface area contributed by atoms with Crippen molar-refractivity contribution in [1.29, 1.82) is 0 Å². The molecule has 1 aromatic heterocycles. The van der Waals surface area contributed by atoms with E-state index >= 15 is 0 Å². The third-order valence-corrected chi connectivity index (χ3v) is 5.86. The highest BCUT2D eigenvalue weighted by Gasteiger charge is 2.17. The average Bonchev–Trinajstić information content (AvgIpc) is 3.06. The maximum absolute atomic E-state index is 12.3. The molecular formula is C19H15ClN2O2S2. The van der Waals surface area contributed by atoms with E-state index in [0.29, 0.717) is 15.6 Å². The van der Waals surface area contributed by atoms with Gasteiger partial charge in [0.25, 0.3) is 5.91 Å². The number of rotatable bonds is 6. The van der Waals surface area contributed by atoms with E-state index in [1.54, 1.807) is 18.2 Å². The summed E-state index contributed by atoms with van der Waals surface area (Å²) in [6.45, 7) is 0. The van der Waals surface area contributed by atoms with E-state index in [2.05, 4.69) is 5.32 Å². The highest BCUT2D eigenvalue weighted by atomic mass is 35.5. The van der Waals surface area contributed by atoms with Gasteiger partial charge in [-0.1, -0.05) is 41.9 Å². The largest absolute Gasteiger partial charge is 0.366 e. The van der Waals surface area contributed by atoms with Gasteiger partial charge in [0.15, 0.2) is 0 Å². The van der Waals surface area contributed by atoms with E-state index in [9.17, 15) is 9.59 Å². The molecule has 2 aromatic carbocycles. The van der Waals surface area contributed by atoms with Crippen molar-refractivity contribution in [2.75, 3.05) is 11.1 Å². The molecule has 0 unspecified atom stereocenters. The number of amides is 2. The lowest BCUT2D eigenvalue weighted by Crippen LogP contribution is -2.17. The molecule has 0 aliphatic rings. The Kier molecular flexibility index (Phi) is 5.98. The van der Waals surface area contributed by atoms with Gasteiger partial charge in [-0.05, 0) is 35.9 Å². The Hall–Kier alpha value is -2.28. The van der Waals surface area contributed by atoms with Crippen molar-refractivity contribution < 1.29 is 9.59 Å². The standard InChI is InChI=1S/C19H15ClN2O2S2/c20-13-6-8-14(9-7-13)25-11-17(23)22-19-15(18(21)24)10-16(26-19)12-4-2-1-3-5-12/h1-10H,11H2,(H2,21,24)(H,22,23). The van der Waals surface area contributed by atoms with Gasteiger partial charge in [0.1, 0.15) is 5.00 Å². The average molecular weight is 403 g/mol. The van der Waals surface area contributed by atoms with Crippen molar-refractivity contribution in [2.45, 2.75) is 4.90 Å². The molecule has 0 saturated carbocycles. The van der Waals surface area contributed by atoms with Gasteiger partial charge in [-0.25, -0.2) is 0 Å². The van der Waals surface area contributed by atoms with Crippen molar-refractivity contribution in [2.24, 2.45) is 5.73 Å². The Labute approximate surface area is 164 Å². The van der Waals surface area contributed by atoms with Crippen LogP contribution in [0.5, 0.6) is 0 Å². The molecule has 3 aromatic rings. The van der Waals surface area contributed by atoms with Crippen LogP contribution in [0.1, 0.15) is 10.4 Å². The smallest absolute Gasteiger partial charge is 0.251 e. The molecular weight excluding hydrogens is 388 g/mol. The molecule has 2 amide bonds. The van der Waals surface area contributed by atoms with Crippen LogP contribution in [-0.4, -0.2) is 17.6 Å². The summed E-state index contributed by atoms with van der Waals surface area (Å²) in [7, 11) is 0. The topological polar surface area (TPSA) is 72.2 Å². The number of anilines is 1. The predicted octanol–water partition coefficient (Wildman–Crippen LogP) is 4.90. The monoisotopic (exact) mass is 402 g/mol. The molecule has 1 heterocycles. The number of benzene rings is 2. The maximum atomic E-state index is 12.3. The number of hydrogen-bond donors (Lipinski definition) is 2. The number of thioether (sulfide) groups is 1. The van der Waals surface area contributed by atoms with E-state index < -0.39 is 5.91 Å². The number of nitrogens with one attached hydrogen (secondary N) is 1. The lowest BCUT2D eigenvalue weighted by Gasteiger charge is -2.05. The van der Waals surface area contributed by atoms with Gasteiger partial charge in [0.05, 0.1) is 11.3 Å². The fourth-order valence-electron chi connectivity index (χ4n) is 2.25. The molecule has 0 radical (unpaired) electrons. The van der Waals surface area contributed by atoms with Gasteiger partial charge in [-0.2, -0.15) is 0 Å². The van der Waals surface area contributed by atoms with E-state index in [-0.39, 0.29) is 11.7 Å². The van der Waals surface area contributed by atoms with Gasteiger partial charge in [-0.3, -0.25) is 9.59 Å². The van der Waals surface area contributed by atoms with Crippen molar-refractivity contribution >= 4 is 51.5 Å². The SMILES string of the molecule is NC(=O)c1cc(-c2ccccc2)sc1NC(=O)CSc1ccc(Cl)cc1. The molecule has 0 saturated heterocycles. The number of carbonyl (C=O) groups is 2. The van der Waals surface area contributed by atoms with Crippen LogP contribution < -0.4 is 11.1 Å². The number of primary amides is 1. The van der Waals surface area contributed by atoms with Crippen LogP contribution in [-0.2, 0) is 4.79 Å².